The van der Waals surface area contributed by atoms with Crippen LogP contribution in [0.3, 0.4) is 0 Å². The van der Waals surface area contributed by atoms with E-state index in [9.17, 15) is 0 Å². The van der Waals surface area contributed by atoms with Crippen molar-refractivity contribution in [3.63, 3.8) is 0 Å². The number of para-hydroxylation sites is 1. The van der Waals surface area contributed by atoms with Gasteiger partial charge in [0.25, 0.3) is 0 Å². The van der Waals surface area contributed by atoms with E-state index in [-0.39, 0.29) is 0 Å². The Balaban J connectivity index is 1.67. The number of rotatable bonds is 5. The van der Waals surface area contributed by atoms with E-state index in [0.717, 1.165) is 24.6 Å². The molecule has 2 aromatic rings. The number of anilines is 1. The summed E-state index contributed by atoms with van der Waals surface area (Å²) in [5, 5.41) is 1.24. The van der Waals surface area contributed by atoms with Crippen LogP contribution < -0.4 is 4.90 Å². The predicted octanol–water partition coefficient (Wildman–Crippen LogP) is 3.55. The molecule has 1 heterocycles. The molecule has 0 unspecified atom stereocenters. The number of hydrogen-bond acceptors (Lipinski definition) is 3. The van der Waals surface area contributed by atoms with E-state index in [0.29, 0.717) is 0 Å². The molecule has 1 aliphatic rings. The fraction of sp³-hybridized carbons (Fsp3) is 0.500. The van der Waals surface area contributed by atoms with Gasteiger partial charge in [0.1, 0.15) is 0 Å². The summed E-state index contributed by atoms with van der Waals surface area (Å²) in [5.41, 5.74) is 2.35. The predicted molar refractivity (Wildman–Crippen MR) is 89.9 cm³/mol. The highest BCUT2D eigenvalue weighted by Gasteiger charge is 2.19. The lowest BCUT2D eigenvalue weighted by Crippen LogP contribution is -2.36. The quantitative estimate of drug-likeness (QED) is 0.836. The highest BCUT2D eigenvalue weighted by atomic mass is 15.2. The molecule has 0 atom stereocenters. The minimum absolute atomic E-state index is 0.799. The molecular weight excluding hydrogens is 258 g/mol. The van der Waals surface area contributed by atoms with Crippen molar-refractivity contribution in [2.75, 3.05) is 32.1 Å². The second kappa shape index (κ2) is 6.44. The summed E-state index contributed by atoms with van der Waals surface area (Å²) >= 11 is 0. The van der Waals surface area contributed by atoms with Crippen LogP contribution in [0.4, 0.5) is 5.69 Å². The molecule has 0 N–H and O–H groups in total. The van der Waals surface area contributed by atoms with Crippen LogP contribution in [0, 0.1) is 0 Å². The van der Waals surface area contributed by atoms with Gasteiger partial charge in [0.15, 0.2) is 0 Å². The molecule has 0 amide bonds. The number of likely N-dealkylation sites (N-methyl/N-ethyl adjacent to an activating group) is 2. The monoisotopic (exact) mass is 283 g/mol. The minimum atomic E-state index is 0.799. The first kappa shape index (κ1) is 14.3. The number of fused-ring (bicyclic) bond motifs is 1. The first-order valence-electron chi connectivity index (χ1n) is 8.01. The molecule has 3 nitrogen and oxygen atoms in total. The van der Waals surface area contributed by atoms with Crippen molar-refractivity contribution in [1.29, 1.82) is 0 Å². The summed E-state index contributed by atoms with van der Waals surface area (Å²) in [6.07, 6.45) is 7.46. The Morgan fingerprint density at radius 2 is 1.81 bits per heavy atom. The third-order valence-electron chi connectivity index (χ3n) is 4.77. The Bertz CT molecular complexity index is 585. The lowest BCUT2D eigenvalue weighted by Gasteiger charge is -2.28. The van der Waals surface area contributed by atoms with E-state index in [1.807, 2.05) is 12.3 Å². The molecule has 1 fully saturated rings. The molecule has 1 aromatic heterocycles. The average Bonchev–Trinajstić information content (AvgIpc) is 3.06. The smallest absolute Gasteiger partial charge is 0.0722 e. The largest absolute Gasteiger partial charge is 0.373 e. The maximum atomic E-state index is 4.45. The van der Waals surface area contributed by atoms with Crippen molar-refractivity contribution in [1.82, 2.24) is 9.88 Å². The molecular formula is C18H25N3. The molecule has 1 aromatic carbocycles. The van der Waals surface area contributed by atoms with Crippen LogP contribution in [0.2, 0.25) is 0 Å². The van der Waals surface area contributed by atoms with Crippen LogP contribution in [0.5, 0.6) is 0 Å². The fourth-order valence-electron chi connectivity index (χ4n) is 3.37. The van der Waals surface area contributed by atoms with E-state index in [1.165, 1.54) is 36.8 Å². The SMILES string of the molecule is CN(CCN(C)C1CCCC1)c1ccnc2ccccc12. The van der Waals surface area contributed by atoms with Gasteiger partial charge in [0.05, 0.1) is 5.52 Å². The lowest BCUT2D eigenvalue weighted by atomic mass is 10.1. The third-order valence-corrected chi connectivity index (χ3v) is 4.77. The molecule has 3 heteroatoms. The lowest BCUT2D eigenvalue weighted by molar-refractivity contribution is 0.251. The van der Waals surface area contributed by atoms with Crippen molar-refractivity contribution < 1.29 is 0 Å². The second-order valence-electron chi connectivity index (χ2n) is 6.19. The van der Waals surface area contributed by atoms with Gasteiger partial charge in [-0.25, -0.2) is 0 Å². The Morgan fingerprint density at radius 1 is 1.05 bits per heavy atom. The minimum Gasteiger partial charge on any atom is -0.373 e. The van der Waals surface area contributed by atoms with Crippen molar-refractivity contribution in [3.05, 3.63) is 36.5 Å². The molecule has 1 saturated carbocycles. The van der Waals surface area contributed by atoms with Gasteiger partial charge in [-0.1, -0.05) is 31.0 Å². The zero-order valence-electron chi connectivity index (χ0n) is 13.1. The summed E-state index contributed by atoms with van der Waals surface area (Å²) in [6.45, 7) is 2.18. The van der Waals surface area contributed by atoms with Gasteiger partial charge in [-0.05, 0) is 32.0 Å². The van der Waals surface area contributed by atoms with Gasteiger partial charge >= 0.3 is 0 Å². The molecule has 0 aliphatic heterocycles. The maximum absolute atomic E-state index is 4.45. The van der Waals surface area contributed by atoms with E-state index in [1.54, 1.807) is 0 Å². The standard InChI is InChI=1S/C18H25N3/c1-20(15-7-3-4-8-15)13-14-21(2)18-11-12-19-17-10-6-5-9-16(17)18/h5-6,9-12,15H,3-4,7-8,13-14H2,1-2H3. The van der Waals surface area contributed by atoms with Gasteiger partial charge in [0.2, 0.25) is 0 Å². The van der Waals surface area contributed by atoms with Gasteiger partial charge in [-0.2, -0.15) is 0 Å². The van der Waals surface area contributed by atoms with Crippen molar-refractivity contribution in [2.24, 2.45) is 0 Å². The van der Waals surface area contributed by atoms with Crippen molar-refractivity contribution in [2.45, 2.75) is 31.7 Å². The Kier molecular flexibility index (Phi) is 4.39. The molecule has 0 bridgehead atoms. The number of pyridine rings is 1. The zero-order valence-corrected chi connectivity index (χ0v) is 13.1. The van der Waals surface area contributed by atoms with Crippen LogP contribution in [-0.2, 0) is 0 Å². The third kappa shape index (κ3) is 3.18. The number of aromatic nitrogens is 1. The summed E-state index contributed by atoms with van der Waals surface area (Å²) < 4.78 is 0. The van der Waals surface area contributed by atoms with Crippen LogP contribution in [-0.4, -0.2) is 43.1 Å². The molecule has 3 rings (SSSR count). The molecule has 1 aliphatic carbocycles. The molecule has 0 spiro atoms. The molecule has 0 saturated heterocycles. The summed E-state index contributed by atoms with van der Waals surface area (Å²) in [7, 11) is 4.46. The van der Waals surface area contributed by atoms with Crippen molar-refractivity contribution >= 4 is 16.6 Å². The average molecular weight is 283 g/mol. The first-order chi connectivity index (χ1) is 10.3. The maximum Gasteiger partial charge on any atom is 0.0722 e. The van der Waals surface area contributed by atoms with Gasteiger partial charge in [0, 0.05) is 43.4 Å². The van der Waals surface area contributed by atoms with Gasteiger partial charge in [-0.3, -0.25) is 4.98 Å². The van der Waals surface area contributed by atoms with Gasteiger partial charge in [-0.15, -0.1) is 0 Å². The number of nitrogens with zero attached hydrogens (tertiary/aromatic N) is 3. The topological polar surface area (TPSA) is 19.4 Å². The summed E-state index contributed by atoms with van der Waals surface area (Å²) in [4.78, 5) is 9.34. The highest BCUT2D eigenvalue weighted by Crippen LogP contribution is 2.25. The van der Waals surface area contributed by atoms with E-state index < -0.39 is 0 Å². The van der Waals surface area contributed by atoms with Crippen LogP contribution in [0.15, 0.2) is 36.5 Å². The molecule has 0 radical (unpaired) electrons. The Morgan fingerprint density at radius 3 is 2.62 bits per heavy atom. The summed E-state index contributed by atoms with van der Waals surface area (Å²) in [5.74, 6) is 0. The van der Waals surface area contributed by atoms with Crippen molar-refractivity contribution in [3.8, 4) is 0 Å². The molecule has 21 heavy (non-hydrogen) atoms. The fourth-order valence-corrected chi connectivity index (χ4v) is 3.37. The zero-order chi connectivity index (χ0) is 14.7. The normalized spacial score (nSPS) is 16.0. The Hall–Kier alpha value is -1.61. The Labute approximate surface area is 127 Å². The van der Waals surface area contributed by atoms with Gasteiger partial charge < -0.3 is 9.80 Å². The van der Waals surface area contributed by atoms with E-state index in [2.05, 4.69) is 53.1 Å². The second-order valence-corrected chi connectivity index (χ2v) is 6.19. The number of hydrogen-bond donors (Lipinski definition) is 0. The summed E-state index contributed by atoms with van der Waals surface area (Å²) in [6, 6.07) is 11.3. The van der Waals surface area contributed by atoms with E-state index in [4.69, 9.17) is 0 Å². The highest BCUT2D eigenvalue weighted by molar-refractivity contribution is 5.91. The van der Waals surface area contributed by atoms with Crippen LogP contribution in [0.25, 0.3) is 10.9 Å². The first-order valence-corrected chi connectivity index (χ1v) is 8.01. The number of benzene rings is 1. The molecule has 112 valence electrons. The van der Waals surface area contributed by atoms with Crippen LogP contribution in [0.1, 0.15) is 25.7 Å². The van der Waals surface area contributed by atoms with Crippen LogP contribution >= 0.6 is 0 Å². The van der Waals surface area contributed by atoms with E-state index >= 15 is 0 Å².